The maximum atomic E-state index is 11.7. The molecule has 104 valence electrons. The van der Waals surface area contributed by atoms with Crippen LogP contribution in [0.4, 0.5) is 5.69 Å². The highest BCUT2D eigenvalue weighted by Gasteiger charge is 2.18. The number of hydrogen-bond donors (Lipinski definition) is 2. The van der Waals surface area contributed by atoms with Gasteiger partial charge in [-0.25, -0.2) is 9.48 Å². The van der Waals surface area contributed by atoms with Crippen LogP contribution in [-0.2, 0) is 9.53 Å². The van der Waals surface area contributed by atoms with Crippen LogP contribution in [-0.4, -0.2) is 27.8 Å². The average molecular weight is 274 g/mol. The lowest BCUT2D eigenvalue weighted by Crippen LogP contribution is -2.30. The molecule has 0 aliphatic carbocycles. The summed E-state index contributed by atoms with van der Waals surface area (Å²) in [5.74, 6) is -1.41. The molecule has 1 atom stereocenters. The molecule has 0 saturated carbocycles. The molecule has 7 heteroatoms. The van der Waals surface area contributed by atoms with Crippen LogP contribution in [0.5, 0.6) is 0 Å². The zero-order valence-electron chi connectivity index (χ0n) is 10.8. The van der Waals surface area contributed by atoms with Crippen molar-refractivity contribution in [3.8, 4) is 5.69 Å². The van der Waals surface area contributed by atoms with Crippen LogP contribution in [0.25, 0.3) is 5.69 Å². The lowest BCUT2D eigenvalue weighted by Gasteiger charge is -2.07. The Labute approximate surface area is 115 Å². The van der Waals surface area contributed by atoms with Gasteiger partial charge in [-0.1, -0.05) is 0 Å². The number of hydrogen-bond acceptors (Lipinski definition) is 5. The summed E-state index contributed by atoms with van der Waals surface area (Å²) >= 11 is 0. The van der Waals surface area contributed by atoms with Gasteiger partial charge in [-0.3, -0.25) is 4.79 Å². The van der Waals surface area contributed by atoms with Crippen LogP contribution in [0.15, 0.2) is 36.5 Å². The van der Waals surface area contributed by atoms with Gasteiger partial charge >= 0.3 is 5.97 Å². The highest BCUT2D eigenvalue weighted by molar-refractivity contribution is 5.90. The number of amides is 1. The van der Waals surface area contributed by atoms with Gasteiger partial charge in [0.1, 0.15) is 0 Å². The van der Waals surface area contributed by atoms with Gasteiger partial charge < -0.3 is 16.2 Å². The number of carbonyl (C=O) groups excluding carboxylic acids is 2. The fraction of sp³-hybridized carbons (Fsp3) is 0.154. The van der Waals surface area contributed by atoms with Crippen LogP contribution in [0.3, 0.4) is 0 Å². The molecule has 1 unspecified atom stereocenters. The van der Waals surface area contributed by atoms with Crippen molar-refractivity contribution >= 4 is 17.6 Å². The zero-order chi connectivity index (χ0) is 14.7. The van der Waals surface area contributed by atoms with E-state index >= 15 is 0 Å². The minimum Gasteiger partial charge on any atom is -0.448 e. The van der Waals surface area contributed by atoms with Gasteiger partial charge in [-0.15, -0.1) is 0 Å². The van der Waals surface area contributed by atoms with E-state index in [-0.39, 0.29) is 5.69 Å². The molecule has 0 aliphatic heterocycles. The van der Waals surface area contributed by atoms with E-state index in [1.54, 1.807) is 30.5 Å². The van der Waals surface area contributed by atoms with E-state index in [2.05, 4.69) is 5.10 Å². The Morgan fingerprint density at radius 2 is 1.90 bits per heavy atom. The second-order valence-electron chi connectivity index (χ2n) is 4.19. The van der Waals surface area contributed by atoms with E-state index in [0.717, 1.165) is 5.69 Å². The summed E-state index contributed by atoms with van der Waals surface area (Å²) in [4.78, 5) is 22.6. The number of nitrogens with zero attached hydrogens (tertiary/aromatic N) is 2. The van der Waals surface area contributed by atoms with Crippen molar-refractivity contribution in [2.45, 2.75) is 13.0 Å². The first-order chi connectivity index (χ1) is 9.47. The number of benzene rings is 1. The number of aromatic nitrogens is 2. The summed E-state index contributed by atoms with van der Waals surface area (Å²) in [6.07, 6.45) is 0.612. The number of rotatable bonds is 4. The first-order valence-electron chi connectivity index (χ1n) is 5.89. The molecule has 1 aromatic heterocycles. The first-order valence-corrected chi connectivity index (χ1v) is 5.89. The van der Waals surface area contributed by atoms with Crippen LogP contribution < -0.4 is 11.5 Å². The zero-order valence-corrected chi connectivity index (χ0v) is 10.8. The van der Waals surface area contributed by atoms with Crippen molar-refractivity contribution in [1.82, 2.24) is 9.78 Å². The standard InChI is InChI=1S/C13H14N4O3/c1-8(12(15)18)20-13(19)11-6-7-17(16-11)10-4-2-9(14)3-5-10/h2-8H,14H2,1H3,(H2,15,18). The Hall–Kier alpha value is -2.83. The van der Waals surface area contributed by atoms with Crippen LogP contribution >= 0.6 is 0 Å². The molecular formula is C13H14N4O3. The van der Waals surface area contributed by atoms with Crippen molar-refractivity contribution in [3.05, 3.63) is 42.2 Å². The third-order valence-electron chi connectivity index (χ3n) is 2.64. The molecule has 2 aromatic rings. The molecule has 20 heavy (non-hydrogen) atoms. The first kappa shape index (κ1) is 13.6. The predicted molar refractivity (Wildman–Crippen MR) is 72.0 cm³/mol. The molecule has 0 bridgehead atoms. The molecule has 4 N–H and O–H groups in total. The Morgan fingerprint density at radius 3 is 2.50 bits per heavy atom. The summed E-state index contributed by atoms with van der Waals surface area (Å²) in [5, 5.41) is 4.07. The monoisotopic (exact) mass is 274 g/mol. The van der Waals surface area contributed by atoms with E-state index in [9.17, 15) is 9.59 Å². The van der Waals surface area contributed by atoms with Gasteiger partial charge in [-0.05, 0) is 37.3 Å². The van der Waals surface area contributed by atoms with E-state index in [4.69, 9.17) is 16.2 Å². The number of primary amides is 1. The molecular weight excluding hydrogens is 260 g/mol. The molecule has 1 amide bonds. The molecule has 0 spiro atoms. The Bertz CT molecular complexity index is 633. The highest BCUT2D eigenvalue weighted by Crippen LogP contribution is 2.11. The van der Waals surface area contributed by atoms with Crippen molar-refractivity contribution in [3.63, 3.8) is 0 Å². The highest BCUT2D eigenvalue weighted by atomic mass is 16.5. The van der Waals surface area contributed by atoms with Crippen LogP contribution in [0.1, 0.15) is 17.4 Å². The van der Waals surface area contributed by atoms with Crippen molar-refractivity contribution in [2.24, 2.45) is 5.73 Å². The molecule has 0 aliphatic rings. The number of ether oxygens (including phenoxy) is 1. The molecule has 2 rings (SSSR count). The van der Waals surface area contributed by atoms with Gasteiger partial charge in [0.05, 0.1) is 5.69 Å². The van der Waals surface area contributed by atoms with Crippen molar-refractivity contribution in [2.75, 3.05) is 5.73 Å². The van der Waals surface area contributed by atoms with Gasteiger partial charge in [0.2, 0.25) is 0 Å². The Morgan fingerprint density at radius 1 is 1.25 bits per heavy atom. The maximum Gasteiger partial charge on any atom is 0.359 e. The van der Waals surface area contributed by atoms with E-state index < -0.39 is 18.0 Å². The maximum absolute atomic E-state index is 11.7. The Balaban J connectivity index is 2.14. The van der Waals surface area contributed by atoms with Crippen LogP contribution in [0, 0.1) is 0 Å². The SMILES string of the molecule is CC(OC(=O)c1ccn(-c2ccc(N)cc2)n1)C(N)=O. The van der Waals surface area contributed by atoms with Crippen LogP contribution in [0.2, 0.25) is 0 Å². The fourth-order valence-corrected chi connectivity index (χ4v) is 1.48. The van der Waals surface area contributed by atoms with Gasteiger partial charge in [-0.2, -0.15) is 5.10 Å². The third-order valence-corrected chi connectivity index (χ3v) is 2.64. The number of nitrogen functional groups attached to an aromatic ring is 1. The van der Waals surface area contributed by atoms with Crippen molar-refractivity contribution < 1.29 is 14.3 Å². The summed E-state index contributed by atoms with van der Waals surface area (Å²) in [6.45, 7) is 1.40. The largest absolute Gasteiger partial charge is 0.448 e. The van der Waals surface area contributed by atoms with E-state index in [0.29, 0.717) is 5.69 Å². The number of nitrogens with two attached hydrogens (primary N) is 2. The minimum atomic E-state index is -0.996. The van der Waals surface area contributed by atoms with Crippen molar-refractivity contribution in [1.29, 1.82) is 0 Å². The number of esters is 1. The van der Waals surface area contributed by atoms with Gasteiger partial charge in [0, 0.05) is 11.9 Å². The molecule has 1 aromatic carbocycles. The molecule has 1 heterocycles. The van der Waals surface area contributed by atoms with Gasteiger partial charge in [0.25, 0.3) is 5.91 Å². The minimum absolute atomic E-state index is 0.0925. The lowest BCUT2D eigenvalue weighted by atomic mass is 10.3. The molecule has 0 radical (unpaired) electrons. The van der Waals surface area contributed by atoms with E-state index in [1.807, 2.05) is 0 Å². The van der Waals surface area contributed by atoms with Gasteiger partial charge in [0.15, 0.2) is 11.8 Å². The predicted octanol–water partition coefficient (Wildman–Crippen LogP) is 0.485. The molecule has 7 nitrogen and oxygen atoms in total. The summed E-state index contributed by atoms with van der Waals surface area (Å²) in [5.41, 5.74) is 12.1. The average Bonchev–Trinajstić information content (AvgIpc) is 2.89. The smallest absolute Gasteiger partial charge is 0.359 e. The lowest BCUT2D eigenvalue weighted by molar-refractivity contribution is -0.125. The summed E-state index contributed by atoms with van der Waals surface area (Å²) < 4.78 is 6.36. The topological polar surface area (TPSA) is 113 Å². The van der Waals surface area contributed by atoms with E-state index in [1.165, 1.54) is 17.7 Å². The molecule has 0 fully saturated rings. The molecule has 0 saturated heterocycles. The summed E-state index contributed by atoms with van der Waals surface area (Å²) in [7, 11) is 0. The fourth-order valence-electron chi connectivity index (χ4n) is 1.48. The number of carbonyl (C=O) groups is 2. The third kappa shape index (κ3) is 2.94. The quantitative estimate of drug-likeness (QED) is 0.622. The Kier molecular flexibility index (Phi) is 3.69. The second-order valence-corrected chi connectivity index (χ2v) is 4.19. The second kappa shape index (κ2) is 5.43. The number of anilines is 1. The summed E-state index contributed by atoms with van der Waals surface area (Å²) in [6, 6.07) is 8.48. The normalized spacial score (nSPS) is 11.8.